The summed E-state index contributed by atoms with van der Waals surface area (Å²) in [6, 6.07) is 0.337. The molecule has 20 heavy (non-hydrogen) atoms. The number of carbonyl (C=O) groups excluding carboxylic acids is 1. The van der Waals surface area contributed by atoms with Crippen molar-refractivity contribution in [1.82, 2.24) is 15.1 Å². The van der Waals surface area contributed by atoms with Gasteiger partial charge in [-0.15, -0.1) is 0 Å². The minimum atomic E-state index is -4.16. The standard InChI is InChI=1S/C13H22F3N3O/c1-10-8-11(2-3-17-10)12(20)19-6-4-18(5-7-19)9-13(14,15)16/h10-11,17H,2-9H2,1H3/t10-,11-/m0/s1. The predicted molar refractivity (Wildman–Crippen MR) is 69.3 cm³/mol. The summed E-state index contributed by atoms with van der Waals surface area (Å²) in [4.78, 5) is 15.4. The summed E-state index contributed by atoms with van der Waals surface area (Å²) < 4.78 is 36.9. The van der Waals surface area contributed by atoms with E-state index in [1.54, 1.807) is 4.90 Å². The van der Waals surface area contributed by atoms with Gasteiger partial charge in [-0.05, 0) is 26.3 Å². The van der Waals surface area contributed by atoms with Crippen LogP contribution in [0.4, 0.5) is 13.2 Å². The van der Waals surface area contributed by atoms with Crippen LogP contribution < -0.4 is 5.32 Å². The van der Waals surface area contributed by atoms with Crippen LogP contribution in [0, 0.1) is 5.92 Å². The second-order valence-corrected chi connectivity index (χ2v) is 5.79. The van der Waals surface area contributed by atoms with Gasteiger partial charge in [0, 0.05) is 38.1 Å². The van der Waals surface area contributed by atoms with Gasteiger partial charge in [0.05, 0.1) is 6.54 Å². The highest BCUT2D eigenvalue weighted by Gasteiger charge is 2.34. The van der Waals surface area contributed by atoms with Crippen LogP contribution in [0.2, 0.25) is 0 Å². The lowest BCUT2D eigenvalue weighted by molar-refractivity contribution is -0.153. The third-order valence-electron chi connectivity index (χ3n) is 4.06. The van der Waals surface area contributed by atoms with Gasteiger partial charge in [0.1, 0.15) is 0 Å². The van der Waals surface area contributed by atoms with Gasteiger partial charge in [0.25, 0.3) is 0 Å². The fourth-order valence-electron chi connectivity index (χ4n) is 2.99. The number of rotatable bonds is 2. The van der Waals surface area contributed by atoms with E-state index >= 15 is 0 Å². The van der Waals surface area contributed by atoms with E-state index in [1.165, 1.54) is 4.90 Å². The molecule has 2 aliphatic heterocycles. The fraction of sp³-hybridized carbons (Fsp3) is 0.923. The molecule has 2 fully saturated rings. The number of alkyl halides is 3. The normalized spacial score (nSPS) is 29.5. The number of piperazine rings is 1. The molecule has 0 radical (unpaired) electrons. The van der Waals surface area contributed by atoms with Crippen LogP contribution in [0.15, 0.2) is 0 Å². The molecule has 2 heterocycles. The maximum atomic E-state index is 12.3. The molecule has 7 heteroatoms. The van der Waals surface area contributed by atoms with Gasteiger partial charge >= 0.3 is 6.18 Å². The average molecular weight is 293 g/mol. The molecule has 0 spiro atoms. The van der Waals surface area contributed by atoms with Gasteiger partial charge in [0.15, 0.2) is 0 Å². The average Bonchev–Trinajstić information content (AvgIpc) is 2.37. The highest BCUT2D eigenvalue weighted by atomic mass is 19.4. The Kier molecular flexibility index (Phi) is 4.90. The van der Waals surface area contributed by atoms with Crippen molar-refractivity contribution in [2.75, 3.05) is 39.3 Å². The Morgan fingerprint density at radius 1 is 1.25 bits per heavy atom. The van der Waals surface area contributed by atoms with Gasteiger partial charge in [-0.1, -0.05) is 0 Å². The number of amides is 1. The molecule has 2 saturated heterocycles. The Bertz CT molecular complexity index is 340. The maximum Gasteiger partial charge on any atom is 0.401 e. The molecule has 0 aromatic carbocycles. The highest BCUT2D eigenvalue weighted by Crippen LogP contribution is 2.21. The van der Waals surface area contributed by atoms with E-state index in [0.717, 1.165) is 19.4 Å². The summed E-state index contributed by atoms with van der Waals surface area (Å²) in [6.45, 7) is 3.46. The van der Waals surface area contributed by atoms with E-state index < -0.39 is 12.7 Å². The zero-order valence-electron chi connectivity index (χ0n) is 11.7. The van der Waals surface area contributed by atoms with Crippen molar-refractivity contribution in [3.63, 3.8) is 0 Å². The van der Waals surface area contributed by atoms with E-state index in [-0.39, 0.29) is 11.8 Å². The van der Waals surface area contributed by atoms with Crippen molar-refractivity contribution in [2.24, 2.45) is 5.92 Å². The number of hydrogen-bond acceptors (Lipinski definition) is 3. The topological polar surface area (TPSA) is 35.6 Å². The molecule has 2 atom stereocenters. The Morgan fingerprint density at radius 2 is 1.90 bits per heavy atom. The molecule has 0 unspecified atom stereocenters. The summed E-state index contributed by atoms with van der Waals surface area (Å²) in [5.41, 5.74) is 0. The zero-order chi connectivity index (χ0) is 14.8. The molecule has 0 saturated carbocycles. The van der Waals surface area contributed by atoms with E-state index in [0.29, 0.717) is 32.2 Å². The monoisotopic (exact) mass is 293 g/mol. The quantitative estimate of drug-likeness (QED) is 0.827. The molecule has 2 aliphatic rings. The van der Waals surface area contributed by atoms with Crippen LogP contribution in [0.25, 0.3) is 0 Å². The van der Waals surface area contributed by atoms with Crippen molar-refractivity contribution < 1.29 is 18.0 Å². The molecular weight excluding hydrogens is 271 g/mol. The Labute approximate surface area is 117 Å². The molecule has 2 rings (SSSR count). The minimum Gasteiger partial charge on any atom is -0.340 e. The lowest BCUT2D eigenvalue weighted by Crippen LogP contribution is -2.53. The van der Waals surface area contributed by atoms with Gasteiger partial charge in [-0.25, -0.2) is 0 Å². The third-order valence-corrected chi connectivity index (χ3v) is 4.06. The van der Waals surface area contributed by atoms with Crippen LogP contribution in [0.5, 0.6) is 0 Å². The van der Waals surface area contributed by atoms with Crippen molar-refractivity contribution >= 4 is 5.91 Å². The molecule has 0 aromatic rings. The van der Waals surface area contributed by atoms with Gasteiger partial charge < -0.3 is 10.2 Å². The predicted octanol–water partition coefficient (Wildman–Crippen LogP) is 1.08. The third kappa shape index (κ3) is 4.34. The molecule has 4 nitrogen and oxygen atoms in total. The largest absolute Gasteiger partial charge is 0.401 e. The maximum absolute atomic E-state index is 12.3. The minimum absolute atomic E-state index is 0.0282. The number of nitrogens with one attached hydrogen (secondary N) is 1. The van der Waals surface area contributed by atoms with E-state index in [9.17, 15) is 18.0 Å². The molecule has 1 amide bonds. The first-order valence-electron chi connectivity index (χ1n) is 7.16. The first kappa shape index (κ1) is 15.6. The first-order valence-corrected chi connectivity index (χ1v) is 7.16. The second-order valence-electron chi connectivity index (χ2n) is 5.79. The van der Waals surface area contributed by atoms with Crippen molar-refractivity contribution in [3.8, 4) is 0 Å². The summed E-state index contributed by atoms with van der Waals surface area (Å²) in [6.07, 6.45) is -2.51. The van der Waals surface area contributed by atoms with E-state index in [1.807, 2.05) is 0 Å². The number of piperidine rings is 1. The summed E-state index contributed by atoms with van der Waals surface area (Å²) in [5, 5.41) is 3.30. The number of halogens is 3. The van der Waals surface area contributed by atoms with Crippen LogP contribution >= 0.6 is 0 Å². The molecular formula is C13H22F3N3O. The Hall–Kier alpha value is -0.820. The first-order chi connectivity index (χ1) is 9.35. The smallest absolute Gasteiger partial charge is 0.340 e. The molecule has 0 aliphatic carbocycles. The Morgan fingerprint density at radius 3 is 2.45 bits per heavy atom. The lowest BCUT2D eigenvalue weighted by atomic mass is 9.92. The fourth-order valence-corrected chi connectivity index (χ4v) is 2.99. The number of nitrogens with zero attached hydrogens (tertiary/aromatic N) is 2. The van der Waals surface area contributed by atoms with Crippen molar-refractivity contribution in [1.29, 1.82) is 0 Å². The Balaban J connectivity index is 1.79. The van der Waals surface area contributed by atoms with Gasteiger partial charge in [-0.2, -0.15) is 13.2 Å². The second kappa shape index (κ2) is 6.30. The van der Waals surface area contributed by atoms with Crippen LogP contribution in [-0.2, 0) is 4.79 Å². The van der Waals surface area contributed by atoms with Crippen LogP contribution in [-0.4, -0.2) is 67.2 Å². The molecule has 0 bridgehead atoms. The summed E-state index contributed by atoms with van der Waals surface area (Å²) >= 11 is 0. The molecule has 0 aromatic heterocycles. The molecule has 116 valence electrons. The summed E-state index contributed by atoms with van der Waals surface area (Å²) in [7, 11) is 0. The van der Waals surface area contributed by atoms with Gasteiger partial charge in [0.2, 0.25) is 5.91 Å². The highest BCUT2D eigenvalue weighted by molar-refractivity contribution is 5.79. The number of hydrogen-bond donors (Lipinski definition) is 1. The van der Waals surface area contributed by atoms with Crippen LogP contribution in [0.3, 0.4) is 0 Å². The SMILES string of the molecule is C[C@H]1C[C@@H](C(=O)N2CCN(CC(F)(F)F)CC2)CCN1. The van der Waals surface area contributed by atoms with E-state index in [4.69, 9.17) is 0 Å². The van der Waals surface area contributed by atoms with Crippen LogP contribution in [0.1, 0.15) is 19.8 Å². The van der Waals surface area contributed by atoms with E-state index in [2.05, 4.69) is 12.2 Å². The lowest BCUT2D eigenvalue weighted by Gasteiger charge is -2.38. The number of carbonyl (C=O) groups is 1. The van der Waals surface area contributed by atoms with Crippen molar-refractivity contribution in [2.45, 2.75) is 32.0 Å². The zero-order valence-corrected chi connectivity index (χ0v) is 11.7. The van der Waals surface area contributed by atoms with Gasteiger partial charge in [-0.3, -0.25) is 9.69 Å². The summed E-state index contributed by atoms with van der Waals surface area (Å²) in [5.74, 6) is 0.144. The molecule has 1 N–H and O–H groups in total. The van der Waals surface area contributed by atoms with Crippen molar-refractivity contribution in [3.05, 3.63) is 0 Å².